The van der Waals surface area contributed by atoms with E-state index in [0.29, 0.717) is 31.2 Å². The SMILES string of the molecule is CCC[C@@](C)(OCC)C(=O)Nc1ccc(OCC)nc1C. The van der Waals surface area contributed by atoms with Gasteiger partial charge in [0, 0.05) is 12.7 Å². The second-order valence-corrected chi connectivity index (χ2v) is 5.08. The summed E-state index contributed by atoms with van der Waals surface area (Å²) in [6.45, 7) is 10.6. The van der Waals surface area contributed by atoms with Gasteiger partial charge in [-0.3, -0.25) is 4.79 Å². The molecule has 1 N–H and O–H groups in total. The molecule has 21 heavy (non-hydrogen) atoms. The highest BCUT2D eigenvalue weighted by Gasteiger charge is 2.33. The molecule has 0 fully saturated rings. The number of rotatable bonds is 8. The van der Waals surface area contributed by atoms with Gasteiger partial charge in [0.2, 0.25) is 5.88 Å². The Morgan fingerprint density at radius 1 is 1.29 bits per heavy atom. The average molecular weight is 294 g/mol. The third-order valence-electron chi connectivity index (χ3n) is 3.27. The number of carbonyl (C=O) groups excluding carboxylic acids is 1. The molecule has 1 rings (SSSR count). The predicted molar refractivity (Wildman–Crippen MR) is 83.7 cm³/mol. The van der Waals surface area contributed by atoms with E-state index in [1.54, 1.807) is 6.07 Å². The van der Waals surface area contributed by atoms with Crippen LogP contribution in [0.1, 0.15) is 46.2 Å². The quantitative estimate of drug-likeness (QED) is 0.799. The third kappa shape index (κ3) is 4.70. The van der Waals surface area contributed by atoms with E-state index in [1.165, 1.54) is 0 Å². The summed E-state index contributed by atoms with van der Waals surface area (Å²) in [6.07, 6.45) is 1.56. The van der Waals surface area contributed by atoms with Gasteiger partial charge >= 0.3 is 0 Å². The molecule has 0 radical (unpaired) electrons. The zero-order valence-corrected chi connectivity index (χ0v) is 13.7. The lowest BCUT2D eigenvalue weighted by Gasteiger charge is -2.28. The summed E-state index contributed by atoms with van der Waals surface area (Å²) >= 11 is 0. The summed E-state index contributed by atoms with van der Waals surface area (Å²) < 4.78 is 11.0. The fourth-order valence-electron chi connectivity index (χ4n) is 2.20. The van der Waals surface area contributed by atoms with E-state index in [9.17, 15) is 4.79 Å². The molecule has 118 valence electrons. The topological polar surface area (TPSA) is 60.5 Å². The number of aryl methyl sites for hydroxylation is 1. The van der Waals surface area contributed by atoms with Gasteiger partial charge in [-0.2, -0.15) is 0 Å². The Balaban J connectivity index is 2.86. The van der Waals surface area contributed by atoms with Crippen LogP contribution in [0, 0.1) is 6.92 Å². The summed E-state index contributed by atoms with van der Waals surface area (Å²) in [4.78, 5) is 16.8. The lowest BCUT2D eigenvalue weighted by Crippen LogP contribution is -2.42. The van der Waals surface area contributed by atoms with E-state index in [-0.39, 0.29) is 5.91 Å². The summed E-state index contributed by atoms with van der Waals surface area (Å²) in [6, 6.07) is 3.56. The molecule has 0 bridgehead atoms. The maximum Gasteiger partial charge on any atom is 0.256 e. The second-order valence-electron chi connectivity index (χ2n) is 5.08. The fourth-order valence-corrected chi connectivity index (χ4v) is 2.20. The van der Waals surface area contributed by atoms with Crippen LogP contribution in [-0.2, 0) is 9.53 Å². The van der Waals surface area contributed by atoms with Crippen LogP contribution in [0.2, 0.25) is 0 Å². The molecule has 1 amide bonds. The number of ether oxygens (including phenoxy) is 2. The number of carbonyl (C=O) groups is 1. The smallest absolute Gasteiger partial charge is 0.256 e. The fraction of sp³-hybridized carbons (Fsp3) is 0.625. The van der Waals surface area contributed by atoms with Crippen LogP contribution in [0.5, 0.6) is 5.88 Å². The van der Waals surface area contributed by atoms with Gasteiger partial charge < -0.3 is 14.8 Å². The summed E-state index contributed by atoms with van der Waals surface area (Å²) in [7, 11) is 0. The molecule has 1 aromatic rings. The first kappa shape index (κ1) is 17.4. The summed E-state index contributed by atoms with van der Waals surface area (Å²) in [5.74, 6) is 0.425. The minimum Gasteiger partial charge on any atom is -0.478 e. The van der Waals surface area contributed by atoms with Crippen molar-refractivity contribution in [2.75, 3.05) is 18.5 Å². The van der Waals surface area contributed by atoms with Crippen LogP contribution in [0.25, 0.3) is 0 Å². The Kier molecular flexibility index (Phi) is 6.62. The monoisotopic (exact) mass is 294 g/mol. The zero-order valence-electron chi connectivity index (χ0n) is 13.7. The van der Waals surface area contributed by atoms with Gasteiger partial charge in [0.05, 0.1) is 18.0 Å². The highest BCUT2D eigenvalue weighted by molar-refractivity contribution is 5.97. The van der Waals surface area contributed by atoms with Gasteiger partial charge in [0.15, 0.2) is 0 Å². The predicted octanol–water partition coefficient (Wildman–Crippen LogP) is 3.32. The van der Waals surface area contributed by atoms with Crippen molar-refractivity contribution in [1.82, 2.24) is 4.98 Å². The van der Waals surface area contributed by atoms with Crippen molar-refractivity contribution in [2.45, 2.75) is 53.1 Å². The molecule has 0 aliphatic heterocycles. The summed E-state index contributed by atoms with van der Waals surface area (Å²) in [5.41, 5.74) is 0.601. The van der Waals surface area contributed by atoms with Crippen molar-refractivity contribution in [3.05, 3.63) is 17.8 Å². The van der Waals surface area contributed by atoms with Gasteiger partial charge in [-0.05, 0) is 40.2 Å². The highest BCUT2D eigenvalue weighted by Crippen LogP contribution is 2.23. The zero-order chi connectivity index (χ0) is 15.9. The normalized spacial score (nSPS) is 13.6. The van der Waals surface area contributed by atoms with Crippen LogP contribution in [-0.4, -0.2) is 29.7 Å². The van der Waals surface area contributed by atoms with Crippen molar-refractivity contribution in [2.24, 2.45) is 0 Å². The van der Waals surface area contributed by atoms with E-state index >= 15 is 0 Å². The summed E-state index contributed by atoms with van der Waals surface area (Å²) in [5, 5.41) is 2.91. The lowest BCUT2D eigenvalue weighted by molar-refractivity contribution is -0.139. The van der Waals surface area contributed by atoms with E-state index in [1.807, 2.05) is 40.7 Å². The van der Waals surface area contributed by atoms with Crippen LogP contribution in [0.3, 0.4) is 0 Å². The number of amides is 1. The molecule has 5 nitrogen and oxygen atoms in total. The molecule has 0 saturated heterocycles. The van der Waals surface area contributed by atoms with Crippen LogP contribution in [0.15, 0.2) is 12.1 Å². The first-order valence-electron chi connectivity index (χ1n) is 7.52. The molecule has 1 atom stereocenters. The number of pyridine rings is 1. The van der Waals surface area contributed by atoms with E-state index in [2.05, 4.69) is 10.3 Å². The second kappa shape index (κ2) is 7.98. The number of nitrogens with one attached hydrogen (secondary N) is 1. The van der Waals surface area contributed by atoms with Crippen LogP contribution < -0.4 is 10.1 Å². The molecule has 0 spiro atoms. The molecule has 0 aliphatic carbocycles. The van der Waals surface area contributed by atoms with Crippen molar-refractivity contribution in [3.8, 4) is 5.88 Å². The van der Waals surface area contributed by atoms with E-state index in [4.69, 9.17) is 9.47 Å². The molecule has 5 heteroatoms. The third-order valence-corrected chi connectivity index (χ3v) is 3.27. The molecule has 1 aromatic heterocycles. The molecule has 0 aromatic carbocycles. The van der Waals surface area contributed by atoms with Gasteiger partial charge in [0.25, 0.3) is 5.91 Å². The Morgan fingerprint density at radius 3 is 2.52 bits per heavy atom. The highest BCUT2D eigenvalue weighted by atomic mass is 16.5. The first-order valence-corrected chi connectivity index (χ1v) is 7.52. The molecule has 0 unspecified atom stereocenters. The molecule has 0 saturated carbocycles. The van der Waals surface area contributed by atoms with E-state index < -0.39 is 5.60 Å². The minimum atomic E-state index is -0.811. The number of hydrogen-bond donors (Lipinski definition) is 1. The largest absolute Gasteiger partial charge is 0.478 e. The molecular weight excluding hydrogens is 268 g/mol. The number of hydrogen-bond acceptors (Lipinski definition) is 4. The van der Waals surface area contributed by atoms with Crippen molar-refractivity contribution in [3.63, 3.8) is 0 Å². The first-order chi connectivity index (χ1) is 9.96. The Morgan fingerprint density at radius 2 is 2.00 bits per heavy atom. The molecule has 1 heterocycles. The van der Waals surface area contributed by atoms with Crippen molar-refractivity contribution < 1.29 is 14.3 Å². The van der Waals surface area contributed by atoms with E-state index in [0.717, 1.165) is 12.1 Å². The maximum atomic E-state index is 12.5. The molecule has 0 aliphatic rings. The minimum absolute atomic E-state index is 0.139. The Bertz CT molecular complexity index is 469. The van der Waals surface area contributed by atoms with Gasteiger partial charge in [-0.15, -0.1) is 0 Å². The van der Waals surface area contributed by atoms with Gasteiger partial charge in [0.1, 0.15) is 5.60 Å². The number of anilines is 1. The van der Waals surface area contributed by atoms with Gasteiger partial charge in [-0.25, -0.2) is 4.98 Å². The average Bonchev–Trinajstić information content (AvgIpc) is 2.42. The Labute approximate surface area is 127 Å². The van der Waals surface area contributed by atoms with Crippen molar-refractivity contribution in [1.29, 1.82) is 0 Å². The van der Waals surface area contributed by atoms with Crippen LogP contribution >= 0.6 is 0 Å². The Hall–Kier alpha value is -1.62. The lowest BCUT2D eigenvalue weighted by atomic mass is 9.99. The van der Waals surface area contributed by atoms with Crippen molar-refractivity contribution >= 4 is 11.6 Å². The van der Waals surface area contributed by atoms with Crippen LogP contribution in [0.4, 0.5) is 5.69 Å². The van der Waals surface area contributed by atoms with Gasteiger partial charge in [-0.1, -0.05) is 13.3 Å². The maximum absolute atomic E-state index is 12.5. The number of aromatic nitrogens is 1. The standard InChI is InChI=1S/C16H26N2O3/c1-6-11-16(5,21-8-3)15(19)18-13-9-10-14(20-7-2)17-12(13)4/h9-10H,6-8,11H2,1-5H3,(H,18,19)/t16-/m1/s1. The molecular formula is C16H26N2O3. The number of nitrogens with zero attached hydrogens (tertiary/aromatic N) is 1.